The largest absolute Gasteiger partial charge is 0.269 e. The number of nitro benzene ring substituents is 1. The van der Waals surface area contributed by atoms with Crippen LogP contribution in [0.1, 0.15) is 11.1 Å². The monoisotopic (exact) mass is 367 g/mol. The fourth-order valence-electron chi connectivity index (χ4n) is 2.74. The average Bonchev–Trinajstić information content (AvgIpc) is 2.67. The van der Waals surface area contributed by atoms with E-state index >= 15 is 0 Å². The van der Waals surface area contributed by atoms with Gasteiger partial charge in [0, 0.05) is 23.6 Å². The lowest BCUT2D eigenvalue weighted by Crippen LogP contribution is -1.88. The lowest BCUT2D eigenvalue weighted by molar-refractivity contribution is -0.384. The lowest BCUT2D eigenvalue weighted by Gasteiger charge is -2.09. The van der Waals surface area contributed by atoms with Gasteiger partial charge in [0.05, 0.1) is 4.92 Å². The Morgan fingerprint density at radius 3 is 1.48 bits per heavy atom. The first-order chi connectivity index (χ1) is 12.1. The highest BCUT2D eigenvalue weighted by Gasteiger charge is 2.06. The molecule has 5 heteroatoms. The van der Waals surface area contributed by atoms with Gasteiger partial charge in [-0.1, -0.05) is 42.5 Å². The summed E-state index contributed by atoms with van der Waals surface area (Å²) in [6, 6.07) is 21.2. The van der Waals surface area contributed by atoms with Crippen LogP contribution >= 0.6 is 25.3 Å². The SMILES string of the molecule is O=[N+]([O-])c1ccc(-c2ccc(-c3cc(CS)cc(CS)c3)cc2)cc1. The molecular weight excluding hydrogens is 350 g/mol. The van der Waals surface area contributed by atoms with E-state index in [1.807, 2.05) is 12.1 Å². The van der Waals surface area contributed by atoms with E-state index in [1.165, 1.54) is 23.3 Å². The molecule has 0 fully saturated rings. The van der Waals surface area contributed by atoms with Crippen LogP contribution in [0.2, 0.25) is 0 Å². The van der Waals surface area contributed by atoms with Gasteiger partial charge in [0.15, 0.2) is 0 Å². The first kappa shape index (κ1) is 17.6. The number of rotatable bonds is 5. The molecule has 0 N–H and O–H groups in total. The highest BCUT2D eigenvalue weighted by Crippen LogP contribution is 2.28. The van der Waals surface area contributed by atoms with Gasteiger partial charge in [-0.3, -0.25) is 10.1 Å². The lowest BCUT2D eigenvalue weighted by atomic mass is 9.98. The molecule has 0 aliphatic heterocycles. The van der Waals surface area contributed by atoms with Crippen molar-refractivity contribution >= 4 is 30.9 Å². The van der Waals surface area contributed by atoms with Crippen LogP contribution in [-0.4, -0.2) is 4.92 Å². The molecular formula is C20H17NO2S2. The summed E-state index contributed by atoms with van der Waals surface area (Å²) in [6.07, 6.45) is 0. The van der Waals surface area contributed by atoms with E-state index in [1.54, 1.807) is 12.1 Å². The van der Waals surface area contributed by atoms with Crippen molar-refractivity contribution < 1.29 is 4.92 Å². The van der Waals surface area contributed by atoms with Crippen molar-refractivity contribution in [1.82, 2.24) is 0 Å². The fraction of sp³-hybridized carbons (Fsp3) is 0.100. The molecule has 0 aliphatic carbocycles. The highest BCUT2D eigenvalue weighted by molar-refractivity contribution is 7.79. The molecule has 0 bridgehead atoms. The summed E-state index contributed by atoms with van der Waals surface area (Å²) in [5, 5.41) is 10.7. The third kappa shape index (κ3) is 4.06. The van der Waals surface area contributed by atoms with E-state index in [2.05, 4.69) is 55.6 Å². The van der Waals surface area contributed by atoms with Crippen molar-refractivity contribution in [2.75, 3.05) is 0 Å². The van der Waals surface area contributed by atoms with E-state index < -0.39 is 0 Å². The van der Waals surface area contributed by atoms with Crippen LogP contribution < -0.4 is 0 Å². The van der Waals surface area contributed by atoms with E-state index in [0.717, 1.165) is 22.3 Å². The van der Waals surface area contributed by atoms with Crippen molar-refractivity contribution in [3.05, 3.63) is 88.0 Å². The molecule has 0 amide bonds. The van der Waals surface area contributed by atoms with Crippen molar-refractivity contribution in [2.24, 2.45) is 0 Å². The zero-order chi connectivity index (χ0) is 17.8. The Morgan fingerprint density at radius 1 is 0.680 bits per heavy atom. The summed E-state index contributed by atoms with van der Waals surface area (Å²) in [7, 11) is 0. The van der Waals surface area contributed by atoms with Gasteiger partial charge in [0.2, 0.25) is 0 Å². The van der Waals surface area contributed by atoms with Gasteiger partial charge in [-0.25, -0.2) is 0 Å². The van der Waals surface area contributed by atoms with Crippen molar-refractivity contribution in [2.45, 2.75) is 11.5 Å². The van der Waals surface area contributed by atoms with Crippen LogP contribution in [0.5, 0.6) is 0 Å². The summed E-state index contributed by atoms with van der Waals surface area (Å²) < 4.78 is 0. The highest BCUT2D eigenvalue weighted by atomic mass is 32.1. The summed E-state index contributed by atoms with van der Waals surface area (Å²) in [5.41, 5.74) is 6.69. The minimum atomic E-state index is -0.389. The zero-order valence-corrected chi connectivity index (χ0v) is 15.2. The molecule has 0 aromatic heterocycles. The smallest absolute Gasteiger partial charge is 0.258 e. The number of thiol groups is 2. The van der Waals surface area contributed by atoms with E-state index in [-0.39, 0.29) is 10.6 Å². The summed E-state index contributed by atoms with van der Waals surface area (Å²) >= 11 is 8.74. The normalized spacial score (nSPS) is 10.6. The number of hydrogen-bond donors (Lipinski definition) is 2. The number of benzene rings is 3. The van der Waals surface area contributed by atoms with E-state index in [9.17, 15) is 10.1 Å². The Bertz CT molecular complexity index is 868. The van der Waals surface area contributed by atoms with Gasteiger partial charge in [-0.05, 0) is 45.5 Å². The van der Waals surface area contributed by atoms with Crippen LogP contribution in [0.25, 0.3) is 22.3 Å². The van der Waals surface area contributed by atoms with Crippen molar-refractivity contribution in [3.8, 4) is 22.3 Å². The number of non-ortho nitro benzene ring substituents is 1. The van der Waals surface area contributed by atoms with E-state index in [0.29, 0.717) is 11.5 Å². The first-order valence-electron chi connectivity index (χ1n) is 7.80. The number of nitro groups is 1. The first-order valence-corrected chi connectivity index (χ1v) is 9.07. The Balaban J connectivity index is 1.91. The Kier molecular flexibility index (Phi) is 5.46. The van der Waals surface area contributed by atoms with Gasteiger partial charge >= 0.3 is 0 Å². The van der Waals surface area contributed by atoms with Crippen LogP contribution in [0.3, 0.4) is 0 Å². The Hall–Kier alpha value is -2.24. The molecule has 0 spiro atoms. The molecule has 0 saturated carbocycles. The maximum atomic E-state index is 10.7. The average molecular weight is 367 g/mol. The maximum absolute atomic E-state index is 10.7. The second kappa shape index (κ2) is 7.76. The quantitative estimate of drug-likeness (QED) is 0.341. The summed E-state index contributed by atoms with van der Waals surface area (Å²) in [4.78, 5) is 10.4. The third-order valence-corrected chi connectivity index (χ3v) is 4.78. The maximum Gasteiger partial charge on any atom is 0.269 e. The fourth-order valence-corrected chi connectivity index (χ4v) is 3.11. The predicted octanol–water partition coefficient (Wildman–Crippen LogP) is 5.79. The molecule has 0 radical (unpaired) electrons. The Morgan fingerprint density at radius 2 is 1.08 bits per heavy atom. The molecule has 0 saturated heterocycles. The number of nitrogens with zero attached hydrogens (tertiary/aromatic N) is 1. The molecule has 0 unspecified atom stereocenters. The predicted molar refractivity (Wildman–Crippen MR) is 109 cm³/mol. The molecule has 3 nitrogen and oxygen atoms in total. The standard InChI is InChI=1S/C20H17NO2S2/c22-21(23)20-7-5-17(6-8-20)16-1-3-18(4-2-16)19-10-14(12-24)9-15(11-19)13-25/h1-11,24-25H,12-13H2. The summed E-state index contributed by atoms with van der Waals surface area (Å²) in [6.45, 7) is 0. The number of hydrogen-bond acceptors (Lipinski definition) is 4. The molecule has 126 valence electrons. The molecule has 0 aliphatic rings. The molecule has 25 heavy (non-hydrogen) atoms. The zero-order valence-electron chi connectivity index (χ0n) is 13.4. The van der Waals surface area contributed by atoms with Crippen molar-refractivity contribution in [1.29, 1.82) is 0 Å². The van der Waals surface area contributed by atoms with Gasteiger partial charge in [-0.2, -0.15) is 25.3 Å². The molecule has 3 rings (SSSR count). The van der Waals surface area contributed by atoms with Gasteiger partial charge in [0.1, 0.15) is 0 Å². The topological polar surface area (TPSA) is 43.1 Å². The van der Waals surface area contributed by atoms with E-state index in [4.69, 9.17) is 0 Å². The molecule has 3 aromatic carbocycles. The van der Waals surface area contributed by atoms with Gasteiger partial charge < -0.3 is 0 Å². The van der Waals surface area contributed by atoms with Crippen molar-refractivity contribution in [3.63, 3.8) is 0 Å². The summed E-state index contributed by atoms with van der Waals surface area (Å²) in [5.74, 6) is 1.38. The second-order valence-corrected chi connectivity index (χ2v) is 6.37. The molecule has 3 aromatic rings. The van der Waals surface area contributed by atoms with Gasteiger partial charge in [0.25, 0.3) is 5.69 Å². The van der Waals surface area contributed by atoms with Crippen LogP contribution in [0, 0.1) is 10.1 Å². The third-order valence-electron chi connectivity index (χ3n) is 4.05. The minimum absolute atomic E-state index is 0.100. The molecule has 0 atom stereocenters. The van der Waals surface area contributed by atoms with Crippen LogP contribution in [-0.2, 0) is 11.5 Å². The van der Waals surface area contributed by atoms with Crippen LogP contribution in [0.4, 0.5) is 5.69 Å². The Labute approximate surface area is 157 Å². The van der Waals surface area contributed by atoms with Gasteiger partial charge in [-0.15, -0.1) is 0 Å². The van der Waals surface area contributed by atoms with Crippen LogP contribution in [0.15, 0.2) is 66.7 Å². The molecule has 0 heterocycles. The minimum Gasteiger partial charge on any atom is -0.258 e. The second-order valence-electron chi connectivity index (χ2n) is 5.74.